The van der Waals surface area contributed by atoms with Gasteiger partial charge in [-0.25, -0.2) is 0 Å². The highest BCUT2D eigenvalue weighted by Crippen LogP contribution is 2.03. The highest BCUT2D eigenvalue weighted by Gasteiger charge is 1.97. The molecule has 0 aromatic heterocycles. The number of aryl methyl sites for hydroxylation is 1. The second kappa shape index (κ2) is 14.6. The van der Waals surface area contributed by atoms with Crippen LogP contribution in [0.25, 0.3) is 0 Å². The highest BCUT2D eigenvalue weighted by molar-refractivity contribution is 5.42. The van der Waals surface area contributed by atoms with Gasteiger partial charge in [-0.15, -0.1) is 0 Å². The molecule has 1 amide bonds. The second-order valence-electron chi connectivity index (χ2n) is 3.35. The molecular weight excluding hydrogens is 212 g/mol. The number of carbonyl (C=O) groups is 1. The van der Waals surface area contributed by atoms with Crippen LogP contribution in [0.5, 0.6) is 0 Å². The van der Waals surface area contributed by atoms with Gasteiger partial charge in [0.05, 0.1) is 0 Å². The first-order valence-electron chi connectivity index (χ1n) is 6.11. The minimum atomic E-state index is 0.250. The maximum atomic E-state index is 8.58. The summed E-state index contributed by atoms with van der Waals surface area (Å²) in [4.78, 5) is 8.58. The van der Waals surface area contributed by atoms with Crippen molar-refractivity contribution in [3.05, 3.63) is 35.9 Å². The van der Waals surface area contributed by atoms with E-state index in [0.29, 0.717) is 6.04 Å². The fourth-order valence-corrected chi connectivity index (χ4v) is 1.17. The van der Waals surface area contributed by atoms with Crippen LogP contribution in [-0.2, 0) is 11.2 Å². The standard InChI is InChI=1S/C11H17N.C2H6.CH3NO/c1-10(12-2)8-9-11-6-4-3-5-7-11;1-2;2-1-3/h3-7,10,12H,8-9H2,1-2H3;1-2H3;1H,(H2,2,3)/t10-;;/m0../s1. The number of amides is 1. The summed E-state index contributed by atoms with van der Waals surface area (Å²) in [6.07, 6.45) is 2.63. The largest absolute Gasteiger partial charge is 0.372 e. The van der Waals surface area contributed by atoms with Crippen LogP contribution in [0.2, 0.25) is 0 Å². The van der Waals surface area contributed by atoms with Crippen molar-refractivity contribution in [1.29, 1.82) is 0 Å². The Morgan fingerprint density at radius 2 is 1.76 bits per heavy atom. The molecule has 1 aromatic carbocycles. The van der Waals surface area contributed by atoms with Gasteiger partial charge in [-0.1, -0.05) is 44.2 Å². The van der Waals surface area contributed by atoms with Crippen molar-refractivity contribution in [2.45, 2.75) is 39.7 Å². The van der Waals surface area contributed by atoms with Crippen molar-refractivity contribution in [3.8, 4) is 0 Å². The van der Waals surface area contributed by atoms with Crippen LogP contribution >= 0.6 is 0 Å². The first kappa shape index (κ1) is 18.0. The van der Waals surface area contributed by atoms with Crippen LogP contribution in [0, 0.1) is 0 Å². The zero-order valence-corrected chi connectivity index (χ0v) is 11.4. The van der Waals surface area contributed by atoms with Crippen molar-refractivity contribution >= 4 is 6.41 Å². The molecule has 0 bridgehead atoms. The molecule has 3 nitrogen and oxygen atoms in total. The van der Waals surface area contributed by atoms with E-state index in [1.54, 1.807) is 0 Å². The number of nitrogens with one attached hydrogen (secondary N) is 1. The predicted molar refractivity (Wildman–Crippen MR) is 74.9 cm³/mol. The summed E-state index contributed by atoms with van der Waals surface area (Å²) in [6, 6.07) is 11.2. The summed E-state index contributed by atoms with van der Waals surface area (Å²) in [6.45, 7) is 6.21. The molecule has 0 aliphatic carbocycles. The summed E-state index contributed by atoms with van der Waals surface area (Å²) < 4.78 is 0. The molecule has 3 N–H and O–H groups in total. The molecule has 0 aliphatic heterocycles. The van der Waals surface area contributed by atoms with E-state index in [2.05, 4.69) is 48.3 Å². The second-order valence-corrected chi connectivity index (χ2v) is 3.35. The quantitative estimate of drug-likeness (QED) is 0.791. The number of nitrogens with two attached hydrogens (primary N) is 1. The molecule has 0 spiro atoms. The normalized spacial score (nSPS) is 10.1. The Labute approximate surface area is 105 Å². The van der Waals surface area contributed by atoms with E-state index >= 15 is 0 Å². The van der Waals surface area contributed by atoms with Gasteiger partial charge in [0.25, 0.3) is 0 Å². The minimum absolute atomic E-state index is 0.250. The zero-order valence-electron chi connectivity index (χ0n) is 11.4. The van der Waals surface area contributed by atoms with Gasteiger partial charge >= 0.3 is 0 Å². The number of hydrogen-bond donors (Lipinski definition) is 2. The molecule has 0 saturated heterocycles. The fraction of sp³-hybridized carbons (Fsp3) is 0.500. The molecular formula is C14H26N2O. The third-order valence-electron chi connectivity index (χ3n) is 2.20. The molecule has 0 heterocycles. The van der Waals surface area contributed by atoms with Gasteiger partial charge in [-0.3, -0.25) is 4.79 Å². The third-order valence-corrected chi connectivity index (χ3v) is 2.20. The molecule has 1 atom stereocenters. The number of benzene rings is 1. The van der Waals surface area contributed by atoms with Crippen LogP contribution in [0.1, 0.15) is 32.8 Å². The zero-order chi connectivity index (χ0) is 13.5. The van der Waals surface area contributed by atoms with E-state index in [1.165, 1.54) is 18.4 Å². The summed E-state index contributed by atoms with van der Waals surface area (Å²) in [5.74, 6) is 0. The van der Waals surface area contributed by atoms with E-state index < -0.39 is 0 Å². The van der Waals surface area contributed by atoms with Crippen molar-refractivity contribution < 1.29 is 4.79 Å². The Hall–Kier alpha value is -1.35. The SMILES string of the molecule is CC.CN[C@@H](C)CCc1ccccc1.NC=O. The third kappa shape index (κ3) is 12.6. The summed E-state index contributed by atoms with van der Waals surface area (Å²) in [5, 5.41) is 3.24. The predicted octanol–water partition coefficient (Wildman–Crippen LogP) is 2.35. The Kier molecular flexibility index (Phi) is 15.5. The maximum absolute atomic E-state index is 8.58. The van der Waals surface area contributed by atoms with Gasteiger partial charge in [0.15, 0.2) is 0 Å². The van der Waals surface area contributed by atoms with Gasteiger partial charge in [0.1, 0.15) is 0 Å². The van der Waals surface area contributed by atoms with Gasteiger partial charge in [-0.2, -0.15) is 0 Å². The van der Waals surface area contributed by atoms with E-state index in [1.807, 2.05) is 20.9 Å². The molecule has 1 rings (SSSR count). The minimum Gasteiger partial charge on any atom is -0.372 e. The summed E-state index contributed by atoms with van der Waals surface area (Å²) >= 11 is 0. The molecule has 98 valence electrons. The van der Waals surface area contributed by atoms with Crippen molar-refractivity contribution in [1.82, 2.24) is 5.32 Å². The molecule has 0 radical (unpaired) electrons. The fourth-order valence-electron chi connectivity index (χ4n) is 1.17. The Morgan fingerprint density at radius 1 is 1.29 bits per heavy atom. The van der Waals surface area contributed by atoms with Crippen LogP contribution in [0.15, 0.2) is 30.3 Å². The van der Waals surface area contributed by atoms with Crippen molar-refractivity contribution in [2.75, 3.05) is 7.05 Å². The lowest BCUT2D eigenvalue weighted by Gasteiger charge is -2.08. The Bertz CT molecular complexity index is 250. The van der Waals surface area contributed by atoms with Gasteiger partial charge in [0, 0.05) is 6.04 Å². The van der Waals surface area contributed by atoms with Crippen LogP contribution in [-0.4, -0.2) is 19.5 Å². The number of primary amides is 1. The topological polar surface area (TPSA) is 55.1 Å². The monoisotopic (exact) mass is 238 g/mol. The van der Waals surface area contributed by atoms with Crippen LogP contribution in [0.4, 0.5) is 0 Å². The molecule has 0 aliphatic rings. The molecule has 17 heavy (non-hydrogen) atoms. The van der Waals surface area contributed by atoms with E-state index in [9.17, 15) is 0 Å². The molecule has 0 unspecified atom stereocenters. The van der Waals surface area contributed by atoms with E-state index in [4.69, 9.17) is 4.79 Å². The van der Waals surface area contributed by atoms with E-state index in [0.717, 1.165) is 0 Å². The molecule has 0 fully saturated rings. The number of carbonyl (C=O) groups excluding carboxylic acids is 1. The summed E-state index contributed by atoms with van der Waals surface area (Å²) in [7, 11) is 2.01. The lowest BCUT2D eigenvalue weighted by atomic mass is 10.1. The van der Waals surface area contributed by atoms with Crippen LogP contribution < -0.4 is 11.1 Å². The Balaban J connectivity index is 0. The highest BCUT2D eigenvalue weighted by atomic mass is 16.1. The lowest BCUT2D eigenvalue weighted by molar-refractivity contribution is -0.106. The van der Waals surface area contributed by atoms with Gasteiger partial charge in [0.2, 0.25) is 6.41 Å². The summed E-state index contributed by atoms with van der Waals surface area (Å²) in [5.41, 5.74) is 5.60. The van der Waals surface area contributed by atoms with Crippen molar-refractivity contribution in [2.24, 2.45) is 5.73 Å². The lowest BCUT2D eigenvalue weighted by Crippen LogP contribution is -2.21. The molecule has 0 saturated carbocycles. The number of hydrogen-bond acceptors (Lipinski definition) is 2. The van der Waals surface area contributed by atoms with Gasteiger partial charge in [-0.05, 0) is 32.4 Å². The Morgan fingerprint density at radius 3 is 2.18 bits per heavy atom. The van der Waals surface area contributed by atoms with Crippen molar-refractivity contribution in [3.63, 3.8) is 0 Å². The average molecular weight is 238 g/mol. The average Bonchev–Trinajstić information content (AvgIpc) is 2.40. The maximum Gasteiger partial charge on any atom is 0.204 e. The first-order valence-corrected chi connectivity index (χ1v) is 6.11. The molecule has 1 aromatic rings. The van der Waals surface area contributed by atoms with E-state index in [-0.39, 0.29) is 6.41 Å². The van der Waals surface area contributed by atoms with Gasteiger partial charge < -0.3 is 11.1 Å². The van der Waals surface area contributed by atoms with Crippen LogP contribution in [0.3, 0.4) is 0 Å². The smallest absolute Gasteiger partial charge is 0.204 e. The molecule has 3 heteroatoms. The first-order chi connectivity index (χ1) is 8.24. The number of rotatable bonds is 4.